The molecule has 0 atom stereocenters. The molecule has 1 saturated heterocycles. The van der Waals surface area contributed by atoms with Crippen LogP contribution in [0, 0.1) is 12.8 Å². The van der Waals surface area contributed by atoms with Gasteiger partial charge in [-0.05, 0) is 61.1 Å². The highest BCUT2D eigenvalue weighted by Crippen LogP contribution is 2.18. The molecule has 26 heavy (non-hydrogen) atoms. The Labute approximate surface area is 155 Å². The average molecular weight is 350 g/mol. The second kappa shape index (κ2) is 8.17. The molecular formula is C22H26N2O2. The summed E-state index contributed by atoms with van der Waals surface area (Å²) < 4.78 is 0. The summed E-state index contributed by atoms with van der Waals surface area (Å²) in [7, 11) is 0. The van der Waals surface area contributed by atoms with Crippen molar-refractivity contribution in [2.24, 2.45) is 5.92 Å². The lowest BCUT2D eigenvalue weighted by atomic mass is 9.98. The third-order valence-corrected chi connectivity index (χ3v) is 5.17. The number of carbonyl (C=O) groups is 2. The van der Waals surface area contributed by atoms with Crippen molar-refractivity contribution in [2.75, 3.05) is 13.1 Å². The maximum Gasteiger partial charge on any atom is 0.253 e. The molecule has 2 aromatic rings. The van der Waals surface area contributed by atoms with Gasteiger partial charge in [0.15, 0.2) is 0 Å². The number of piperidine rings is 1. The zero-order valence-corrected chi connectivity index (χ0v) is 15.5. The fourth-order valence-corrected chi connectivity index (χ4v) is 3.24. The van der Waals surface area contributed by atoms with Crippen LogP contribution in [-0.4, -0.2) is 29.8 Å². The van der Waals surface area contributed by atoms with Crippen LogP contribution < -0.4 is 5.32 Å². The predicted molar refractivity (Wildman–Crippen MR) is 103 cm³/mol. The van der Waals surface area contributed by atoms with E-state index in [2.05, 4.69) is 12.2 Å². The van der Waals surface area contributed by atoms with Gasteiger partial charge >= 0.3 is 0 Å². The maximum absolute atomic E-state index is 12.6. The first kappa shape index (κ1) is 18.2. The highest BCUT2D eigenvalue weighted by molar-refractivity contribution is 5.97. The molecule has 0 unspecified atom stereocenters. The lowest BCUT2D eigenvalue weighted by molar-refractivity contribution is 0.0696. The van der Waals surface area contributed by atoms with Crippen LogP contribution >= 0.6 is 0 Å². The molecular weight excluding hydrogens is 324 g/mol. The van der Waals surface area contributed by atoms with E-state index in [0.29, 0.717) is 23.6 Å². The zero-order chi connectivity index (χ0) is 18.5. The lowest BCUT2D eigenvalue weighted by Gasteiger charge is -2.30. The molecule has 0 radical (unpaired) electrons. The maximum atomic E-state index is 12.6. The molecule has 136 valence electrons. The van der Waals surface area contributed by atoms with Gasteiger partial charge in [0, 0.05) is 30.8 Å². The van der Waals surface area contributed by atoms with Crippen molar-refractivity contribution in [2.45, 2.75) is 33.2 Å². The van der Waals surface area contributed by atoms with Gasteiger partial charge in [0.25, 0.3) is 11.8 Å². The Kier molecular flexibility index (Phi) is 5.71. The first-order chi connectivity index (χ1) is 12.5. The van der Waals surface area contributed by atoms with Gasteiger partial charge < -0.3 is 10.2 Å². The quantitative estimate of drug-likeness (QED) is 0.912. The van der Waals surface area contributed by atoms with Gasteiger partial charge in [-0.2, -0.15) is 0 Å². The topological polar surface area (TPSA) is 49.4 Å². The Bertz CT molecular complexity index is 775. The molecule has 0 bridgehead atoms. The number of likely N-dealkylation sites (tertiary alicyclic amines) is 1. The van der Waals surface area contributed by atoms with Crippen molar-refractivity contribution in [1.82, 2.24) is 10.2 Å². The van der Waals surface area contributed by atoms with Crippen molar-refractivity contribution in [1.29, 1.82) is 0 Å². The van der Waals surface area contributed by atoms with Crippen LogP contribution in [0.4, 0.5) is 0 Å². The van der Waals surface area contributed by atoms with Crippen molar-refractivity contribution >= 4 is 11.8 Å². The van der Waals surface area contributed by atoms with Gasteiger partial charge in [-0.3, -0.25) is 9.59 Å². The SMILES string of the molecule is Cc1ccccc1CNC(=O)c1ccc(C(=O)N2CCC(C)CC2)cc1. The minimum Gasteiger partial charge on any atom is -0.348 e. The summed E-state index contributed by atoms with van der Waals surface area (Å²) in [5.74, 6) is 0.626. The molecule has 1 heterocycles. The summed E-state index contributed by atoms with van der Waals surface area (Å²) in [4.78, 5) is 26.8. The molecule has 1 fully saturated rings. The average Bonchev–Trinajstić information content (AvgIpc) is 2.67. The summed E-state index contributed by atoms with van der Waals surface area (Å²) in [5.41, 5.74) is 3.48. The van der Waals surface area contributed by atoms with E-state index < -0.39 is 0 Å². The highest BCUT2D eigenvalue weighted by Gasteiger charge is 2.21. The van der Waals surface area contributed by atoms with E-state index in [1.165, 1.54) is 0 Å². The molecule has 4 nitrogen and oxygen atoms in total. The monoisotopic (exact) mass is 350 g/mol. The summed E-state index contributed by atoms with van der Waals surface area (Å²) in [6.45, 7) is 6.39. The Morgan fingerprint density at radius 2 is 1.62 bits per heavy atom. The van der Waals surface area contributed by atoms with E-state index in [4.69, 9.17) is 0 Å². The number of hydrogen-bond donors (Lipinski definition) is 1. The first-order valence-corrected chi connectivity index (χ1v) is 9.26. The van der Waals surface area contributed by atoms with Gasteiger partial charge in [-0.15, -0.1) is 0 Å². The van der Waals surface area contributed by atoms with Gasteiger partial charge in [0.05, 0.1) is 0 Å². The number of rotatable bonds is 4. The minimum absolute atomic E-state index is 0.0590. The van der Waals surface area contributed by atoms with Crippen LogP contribution in [0.5, 0.6) is 0 Å². The van der Waals surface area contributed by atoms with Crippen molar-refractivity contribution in [3.63, 3.8) is 0 Å². The second-order valence-electron chi connectivity index (χ2n) is 7.16. The van der Waals surface area contributed by atoms with Gasteiger partial charge in [-0.25, -0.2) is 0 Å². The second-order valence-corrected chi connectivity index (χ2v) is 7.16. The van der Waals surface area contributed by atoms with Crippen LogP contribution in [0.25, 0.3) is 0 Å². The van der Waals surface area contributed by atoms with Gasteiger partial charge in [0.1, 0.15) is 0 Å². The standard InChI is InChI=1S/C22H26N2O2/c1-16-11-13-24(14-12-16)22(26)19-9-7-18(8-10-19)21(25)23-15-20-6-4-3-5-17(20)2/h3-10,16H,11-15H2,1-2H3,(H,23,25). The molecule has 0 aliphatic carbocycles. The third-order valence-electron chi connectivity index (χ3n) is 5.17. The number of aryl methyl sites for hydroxylation is 1. The number of hydrogen-bond acceptors (Lipinski definition) is 2. The summed E-state index contributed by atoms with van der Waals surface area (Å²) >= 11 is 0. The molecule has 0 aromatic heterocycles. The van der Waals surface area contributed by atoms with Crippen LogP contribution in [0.3, 0.4) is 0 Å². The largest absolute Gasteiger partial charge is 0.348 e. The van der Waals surface area contributed by atoms with E-state index in [9.17, 15) is 9.59 Å². The number of nitrogens with zero attached hydrogens (tertiary/aromatic N) is 1. The molecule has 1 aliphatic rings. The Balaban J connectivity index is 1.59. The number of benzene rings is 2. The van der Waals surface area contributed by atoms with E-state index in [1.54, 1.807) is 24.3 Å². The molecule has 2 amide bonds. The summed E-state index contributed by atoms with van der Waals surface area (Å²) in [6.07, 6.45) is 2.12. The van der Waals surface area contributed by atoms with E-state index >= 15 is 0 Å². The van der Waals surface area contributed by atoms with Gasteiger partial charge in [-0.1, -0.05) is 31.2 Å². The van der Waals surface area contributed by atoms with E-state index in [0.717, 1.165) is 37.1 Å². The van der Waals surface area contributed by atoms with Gasteiger partial charge in [0.2, 0.25) is 0 Å². The third kappa shape index (κ3) is 4.31. The Morgan fingerprint density at radius 3 is 2.27 bits per heavy atom. The molecule has 1 aliphatic heterocycles. The predicted octanol–water partition coefficient (Wildman–Crippen LogP) is 3.80. The van der Waals surface area contributed by atoms with Crippen LogP contribution in [-0.2, 0) is 6.54 Å². The Hall–Kier alpha value is -2.62. The number of amides is 2. The molecule has 3 rings (SSSR count). The minimum atomic E-state index is -0.126. The van der Waals surface area contributed by atoms with Crippen LogP contribution in [0.1, 0.15) is 51.6 Å². The molecule has 1 N–H and O–H groups in total. The van der Waals surface area contributed by atoms with Crippen molar-refractivity contribution in [3.8, 4) is 0 Å². The molecule has 0 spiro atoms. The zero-order valence-electron chi connectivity index (χ0n) is 15.5. The molecule has 4 heteroatoms. The van der Waals surface area contributed by atoms with Crippen molar-refractivity contribution in [3.05, 3.63) is 70.8 Å². The fourth-order valence-electron chi connectivity index (χ4n) is 3.24. The first-order valence-electron chi connectivity index (χ1n) is 9.26. The summed E-state index contributed by atoms with van der Waals surface area (Å²) in [5, 5.41) is 2.94. The summed E-state index contributed by atoms with van der Waals surface area (Å²) in [6, 6.07) is 15.0. The lowest BCUT2D eigenvalue weighted by Crippen LogP contribution is -2.37. The number of nitrogens with one attached hydrogen (secondary N) is 1. The van der Waals surface area contributed by atoms with E-state index in [-0.39, 0.29) is 11.8 Å². The molecule has 0 saturated carbocycles. The smallest absolute Gasteiger partial charge is 0.253 e. The normalized spacial score (nSPS) is 14.9. The fraction of sp³-hybridized carbons (Fsp3) is 0.364. The molecule has 2 aromatic carbocycles. The van der Waals surface area contributed by atoms with Crippen LogP contribution in [0.2, 0.25) is 0 Å². The van der Waals surface area contributed by atoms with Crippen molar-refractivity contribution < 1.29 is 9.59 Å². The number of carbonyl (C=O) groups excluding carboxylic acids is 2. The van der Waals surface area contributed by atoms with Crippen LogP contribution in [0.15, 0.2) is 48.5 Å². The Morgan fingerprint density at radius 1 is 1.00 bits per heavy atom. The van der Waals surface area contributed by atoms with E-state index in [1.807, 2.05) is 36.1 Å². The highest BCUT2D eigenvalue weighted by atomic mass is 16.2.